The molecular weight excluding hydrogens is 519 g/mol. The molecule has 0 bridgehead atoms. The molecule has 0 aliphatic heterocycles. The summed E-state index contributed by atoms with van der Waals surface area (Å²) < 4.78 is 17.5. The van der Waals surface area contributed by atoms with Crippen LogP contribution in [0.25, 0.3) is 49.5 Å². The van der Waals surface area contributed by atoms with Crippen molar-refractivity contribution in [1.82, 2.24) is 9.38 Å². The third kappa shape index (κ3) is 3.67. The summed E-state index contributed by atoms with van der Waals surface area (Å²) in [5, 5.41) is 5.79. The number of pyridine rings is 1. The molecule has 194 valence electrons. The fourth-order valence-corrected chi connectivity index (χ4v) is 8.74. The minimum atomic E-state index is -3.15. The fraction of sp³-hybridized carbons (Fsp3) is 0. The van der Waals surface area contributed by atoms with E-state index in [-0.39, 0.29) is 0 Å². The Bertz CT molecular complexity index is 2230. The Balaban J connectivity index is 1.50. The summed E-state index contributed by atoms with van der Waals surface area (Å²) in [6.45, 7) is 0. The van der Waals surface area contributed by atoms with E-state index in [0.29, 0.717) is 0 Å². The van der Waals surface area contributed by atoms with Crippen LogP contribution in [0.1, 0.15) is 0 Å². The quantitative estimate of drug-likeness (QED) is 0.166. The number of hydrogen-bond acceptors (Lipinski definition) is 2. The Kier molecular flexibility index (Phi) is 5.41. The highest BCUT2D eigenvalue weighted by molar-refractivity contribution is 7.85. The molecule has 0 saturated heterocycles. The number of aromatic nitrogens is 2. The summed E-state index contributed by atoms with van der Waals surface area (Å²) in [4.78, 5) is 5.13. The number of imidazole rings is 1. The molecule has 0 saturated carbocycles. The van der Waals surface area contributed by atoms with Crippen LogP contribution < -0.4 is 15.9 Å². The molecular formula is C37H25N2OP. The predicted molar refractivity (Wildman–Crippen MR) is 173 cm³/mol. The van der Waals surface area contributed by atoms with Crippen LogP contribution in [-0.2, 0) is 4.57 Å². The Hall–Kier alpha value is -4.98. The Labute approximate surface area is 237 Å². The fourth-order valence-electron chi connectivity index (χ4n) is 6.07. The van der Waals surface area contributed by atoms with Gasteiger partial charge in [0.05, 0.1) is 16.6 Å². The SMILES string of the molecule is O=P(c1ccccc1)(c1ccccc1)c1ccc2c3ccccc3c3nc4ccc(-c5ccccc5)cc4n3c2c1. The molecule has 3 nitrogen and oxygen atoms in total. The highest BCUT2D eigenvalue weighted by Crippen LogP contribution is 2.43. The van der Waals surface area contributed by atoms with E-state index in [2.05, 4.69) is 89.3 Å². The predicted octanol–water partition coefficient (Wildman–Crippen LogP) is 8.10. The van der Waals surface area contributed by atoms with Gasteiger partial charge in [-0.15, -0.1) is 0 Å². The first kappa shape index (κ1) is 23.9. The molecule has 6 aromatic carbocycles. The molecule has 0 amide bonds. The van der Waals surface area contributed by atoms with Gasteiger partial charge in [0.15, 0.2) is 7.14 Å². The van der Waals surface area contributed by atoms with Crippen molar-refractivity contribution in [3.63, 3.8) is 0 Å². The van der Waals surface area contributed by atoms with Crippen LogP contribution in [0.15, 0.2) is 152 Å². The van der Waals surface area contributed by atoms with Crippen LogP contribution in [0.2, 0.25) is 0 Å². The van der Waals surface area contributed by atoms with Gasteiger partial charge < -0.3 is 4.57 Å². The van der Waals surface area contributed by atoms with E-state index >= 15 is 4.57 Å². The maximum absolute atomic E-state index is 15.3. The molecule has 8 rings (SSSR count). The monoisotopic (exact) mass is 544 g/mol. The van der Waals surface area contributed by atoms with Crippen molar-refractivity contribution in [2.24, 2.45) is 0 Å². The molecule has 8 aromatic rings. The summed E-state index contributed by atoms with van der Waals surface area (Å²) in [6, 6.07) is 51.3. The average Bonchev–Trinajstić information content (AvgIpc) is 3.45. The van der Waals surface area contributed by atoms with Crippen molar-refractivity contribution in [1.29, 1.82) is 0 Å². The smallest absolute Gasteiger partial charge is 0.171 e. The normalized spacial score (nSPS) is 12.0. The van der Waals surface area contributed by atoms with Crippen LogP contribution >= 0.6 is 7.14 Å². The summed E-state index contributed by atoms with van der Waals surface area (Å²) in [5.74, 6) is 0. The molecule has 0 N–H and O–H groups in total. The average molecular weight is 545 g/mol. The highest BCUT2D eigenvalue weighted by Gasteiger charge is 2.30. The van der Waals surface area contributed by atoms with Gasteiger partial charge in [0.1, 0.15) is 5.65 Å². The lowest BCUT2D eigenvalue weighted by Crippen LogP contribution is -2.25. The van der Waals surface area contributed by atoms with Gasteiger partial charge in [-0.1, -0.05) is 133 Å². The van der Waals surface area contributed by atoms with Gasteiger partial charge in [0, 0.05) is 26.7 Å². The second-order valence-corrected chi connectivity index (χ2v) is 13.1. The van der Waals surface area contributed by atoms with Crippen LogP contribution in [0.4, 0.5) is 0 Å². The van der Waals surface area contributed by atoms with Gasteiger partial charge >= 0.3 is 0 Å². The van der Waals surface area contributed by atoms with E-state index in [1.54, 1.807) is 0 Å². The second-order valence-electron chi connectivity index (χ2n) is 10.4. The number of fused-ring (bicyclic) bond motifs is 8. The number of hydrogen-bond donors (Lipinski definition) is 0. The van der Waals surface area contributed by atoms with Gasteiger partial charge in [-0.2, -0.15) is 0 Å². The van der Waals surface area contributed by atoms with Crippen molar-refractivity contribution in [2.75, 3.05) is 0 Å². The van der Waals surface area contributed by atoms with Gasteiger partial charge in [0.2, 0.25) is 0 Å². The lowest BCUT2D eigenvalue weighted by Gasteiger charge is -2.21. The maximum Gasteiger partial charge on any atom is 0.171 e. The maximum atomic E-state index is 15.3. The van der Waals surface area contributed by atoms with E-state index in [1.165, 1.54) is 0 Å². The Morgan fingerprint density at radius 2 is 1.07 bits per heavy atom. The lowest BCUT2D eigenvalue weighted by molar-refractivity contribution is 0.592. The molecule has 4 heteroatoms. The summed E-state index contributed by atoms with van der Waals surface area (Å²) in [5.41, 5.74) is 6.16. The van der Waals surface area contributed by atoms with Crippen LogP contribution in [0.3, 0.4) is 0 Å². The first-order valence-corrected chi connectivity index (χ1v) is 15.5. The molecule has 0 aliphatic carbocycles. The Morgan fingerprint density at radius 1 is 0.463 bits per heavy atom. The zero-order chi connectivity index (χ0) is 27.4. The topological polar surface area (TPSA) is 34.4 Å². The minimum Gasteiger partial charge on any atom is -0.309 e. The lowest BCUT2D eigenvalue weighted by atomic mass is 10.0. The molecule has 0 radical (unpaired) electrons. The molecule has 0 fully saturated rings. The van der Waals surface area contributed by atoms with Crippen molar-refractivity contribution in [2.45, 2.75) is 0 Å². The van der Waals surface area contributed by atoms with Crippen LogP contribution in [0, 0.1) is 0 Å². The largest absolute Gasteiger partial charge is 0.309 e. The minimum absolute atomic E-state index is 0.806. The van der Waals surface area contributed by atoms with E-state index in [4.69, 9.17) is 4.98 Å². The molecule has 41 heavy (non-hydrogen) atoms. The van der Waals surface area contributed by atoms with E-state index in [9.17, 15) is 0 Å². The summed E-state index contributed by atoms with van der Waals surface area (Å²) in [7, 11) is -3.15. The van der Waals surface area contributed by atoms with E-state index in [0.717, 1.165) is 65.4 Å². The van der Waals surface area contributed by atoms with Gasteiger partial charge in [0.25, 0.3) is 0 Å². The number of rotatable bonds is 4. The molecule has 2 aromatic heterocycles. The molecule has 0 atom stereocenters. The first-order valence-electron chi connectivity index (χ1n) is 13.8. The summed E-state index contributed by atoms with van der Waals surface area (Å²) in [6.07, 6.45) is 0. The van der Waals surface area contributed by atoms with Crippen molar-refractivity contribution >= 4 is 61.4 Å². The number of nitrogens with zero attached hydrogens (tertiary/aromatic N) is 2. The highest BCUT2D eigenvalue weighted by atomic mass is 31.2. The van der Waals surface area contributed by atoms with Gasteiger partial charge in [-0.3, -0.25) is 4.40 Å². The van der Waals surface area contributed by atoms with E-state index in [1.807, 2.05) is 66.7 Å². The molecule has 0 unspecified atom stereocenters. The second kappa shape index (κ2) is 9.30. The standard InChI is InChI=1S/C37H25N2OP/c40-41(28-14-6-2-7-15-28,29-16-8-3-9-17-29)30-21-22-32-31-18-10-11-19-33(31)37-38-34-23-20-27(26-12-4-1-5-13-26)24-36(34)39(37)35(32)25-30/h1-25H. The van der Waals surface area contributed by atoms with Crippen molar-refractivity contribution in [3.05, 3.63) is 152 Å². The van der Waals surface area contributed by atoms with Gasteiger partial charge in [-0.25, -0.2) is 4.98 Å². The van der Waals surface area contributed by atoms with Crippen LogP contribution in [0.5, 0.6) is 0 Å². The zero-order valence-electron chi connectivity index (χ0n) is 22.2. The summed E-state index contributed by atoms with van der Waals surface area (Å²) >= 11 is 0. The van der Waals surface area contributed by atoms with Crippen molar-refractivity contribution in [3.8, 4) is 11.1 Å². The zero-order valence-corrected chi connectivity index (χ0v) is 23.1. The number of benzene rings is 6. The third-order valence-electron chi connectivity index (χ3n) is 8.05. The molecule has 2 heterocycles. The van der Waals surface area contributed by atoms with Crippen molar-refractivity contribution < 1.29 is 4.57 Å². The Morgan fingerprint density at radius 3 is 1.76 bits per heavy atom. The third-order valence-corrected chi connectivity index (χ3v) is 11.1. The van der Waals surface area contributed by atoms with Crippen LogP contribution in [-0.4, -0.2) is 9.38 Å². The van der Waals surface area contributed by atoms with Gasteiger partial charge in [-0.05, 0) is 34.7 Å². The van der Waals surface area contributed by atoms with E-state index < -0.39 is 7.14 Å². The first-order chi connectivity index (χ1) is 20.2. The molecule has 0 spiro atoms. The molecule has 0 aliphatic rings.